The van der Waals surface area contributed by atoms with Gasteiger partial charge in [0.05, 0.1) is 0 Å². The summed E-state index contributed by atoms with van der Waals surface area (Å²) in [4.78, 5) is 0. The molecule has 0 aromatic heterocycles. The van der Waals surface area contributed by atoms with Gasteiger partial charge in [0, 0.05) is 6.04 Å². The number of hydrogen-bond acceptors (Lipinski definition) is 1. The summed E-state index contributed by atoms with van der Waals surface area (Å²) in [5.74, 6) is 0.635. The minimum absolute atomic E-state index is 0. The smallest absolute Gasteiger partial charge is 0.117 e. The first-order valence-corrected chi connectivity index (χ1v) is 5.25. The molecule has 78 valence electrons. The molecule has 2 atom stereocenters. The van der Waals surface area contributed by atoms with Crippen molar-refractivity contribution in [3.05, 3.63) is 0 Å². The highest BCUT2D eigenvalue weighted by Gasteiger charge is 2.33. The zero-order chi connectivity index (χ0) is 8.39. The fourth-order valence-corrected chi connectivity index (χ4v) is 2.65. The molecule has 1 heterocycles. The molecule has 0 radical (unpaired) electrons. The predicted octanol–water partition coefficient (Wildman–Crippen LogP) is 2.69. The highest BCUT2D eigenvalue weighted by atomic mass is 35.5. The predicted molar refractivity (Wildman–Crippen MR) is 55.1 cm³/mol. The quantitative estimate of drug-likeness (QED) is 0.697. The first-order chi connectivity index (χ1) is 5.88. The van der Waals surface area contributed by atoms with Gasteiger partial charge in [-0.2, -0.15) is 0 Å². The van der Waals surface area contributed by atoms with Crippen molar-refractivity contribution >= 4 is 12.4 Å². The normalized spacial score (nSPS) is 35.8. The molecular formula is C10H19ClFN. The van der Waals surface area contributed by atoms with Crippen molar-refractivity contribution in [3.8, 4) is 0 Å². The second kappa shape index (κ2) is 5.16. The van der Waals surface area contributed by atoms with Crippen LogP contribution in [0.4, 0.5) is 4.39 Å². The van der Waals surface area contributed by atoms with E-state index in [-0.39, 0.29) is 18.4 Å². The molecule has 0 aromatic rings. The Kier molecular flexibility index (Phi) is 4.47. The van der Waals surface area contributed by atoms with Crippen molar-refractivity contribution in [2.45, 2.75) is 50.7 Å². The highest BCUT2D eigenvalue weighted by molar-refractivity contribution is 5.85. The van der Waals surface area contributed by atoms with E-state index >= 15 is 0 Å². The van der Waals surface area contributed by atoms with E-state index < -0.39 is 6.17 Å². The molecule has 1 N–H and O–H groups in total. The molecule has 13 heavy (non-hydrogen) atoms. The lowest BCUT2D eigenvalue weighted by Gasteiger charge is -2.28. The van der Waals surface area contributed by atoms with Crippen LogP contribution >= 0.6 is 12.4 Å². The molecule has 1 aliphatic carbocycles. The maximum atomic E-state index is 13.3. The summed E-state index contributed by atoms with van der Waals surface area (Å²) >= 11 is 0. The summed E-state index contributed by atoms with van der Waals surface area (Å²) in [6.07, 6.45) is 6.66. The molecule has 1 nitrogen and oxygen atoms in total. The van der Waals surface area contributed by atoms with Crippen LogP contribution in [0.1, 0.15) is 38.5 Å². The van der Waals surface area contributed by atoms with Crippen molar-refractivity contribution in [2.24, 2.45) is 5.92 Å². The van der Waals surface area contributed by atoms with Crippen LogP contribution in [0.2, 0.25) is 0 Å². The van der Waals surface area contributed by atoms with Crippen LogP contribution in [-0.4, -0.2) is 18.8 Å². The molecule has 1 saturated carbocycles. The lowest BCUT2D eigenvalue weighted by Crippen LogP contribution is -2.37. The van der Waals surface area contributed by atoms with Crippen molar-refractivity contribution < 1.29 is 4.39 Å². The minimum Gasteiger partial charge on any atom is -0.311 e. The summed E-state index contributed by atoms with van der Waals surface area (Å²) < 4.78 is 13.3. The van der Waals surface area contributed by atoms with E-state index in [2.05, 4.69) is 5.32 Å². The molecule has 1 aliphatic heterocycles. The van der Waals surface area contributed by atoms with E-state index in [9.17, 15) is 4.39 Å². The van der Waals surface area contributed by atoms with Gasteiger partial charge in [-0.05, 0) is 31.7 Å². The molecule has 2 unspecified atom stereocenters. The van der Waals surface area contributed by atoms with Gasteiger partial charge in [0.15, 0.2) is 0 Å². The summed E-state index contributed by atoms with van der Waals surface area (Å²) in [5, 5.41) is 3.30. The van der Waals surface area contributed by atoms with Gasteiger partial charge in [-0.15, -0.1) is 12.4 Å². The first-order valence-electron chi connectivity index (χ1n) is 5.25. The standard InChI is InChI=1S/C10H18FN.ClH/c11-9-6-7-12-10(9)8-4-2-1-3-5-8;/h8-10,12H,1-7H2;1H. The Morgan fingerprint density at radius 3 is 2.23 bits per heavy atom. The zero-order valence-electron chi connectivity index (χ0n) is 7.97. The van der Waals surface area contributed by atoms with E-state index in [1.165, 1.54) is 32.1 Å². The summed E-state index contributed by atoms with van der Waals surface area (Å²) in [7, 11) is 0. The van der Waals surface area contributed by atoms with E-state index in [1.54, 1.807) is 0 Å². The average Bonchev–Trinajstić information content (AvgIpc) is 2.53. The maximum Gasteiger partial charge on any atom is 0.117 e. The van der Waals surface area contributed by atoms with Gasteiger partial charge in [0.1, 0.15) is 6.17 Å². The fourth-order valence-electron chi connectivity index (χ4n) is 2.65. The molecule has 0 aromatic carbocycles. The van der Waals surface area contributed by atoms with Crippen molar-refractivity contribution in [3.63, 3.8) is 0 Å². The van der Waals surface area contributed by atoms with Gasteiger partial charge in [-0.25, -0.2) is 4.39 Å². The third-order valence-corrected chi connectivity index (χ3v) is 3.35. The van der Waals surface area contributed by atoms with E-state index in [4.69, 9.17) is 0 Å². The average molecular weight is 208 g/mol. The Morgan fingerprint density at radius 1 is 1.00 bits per heavy atom. The highest BCUT2D eigenvalue weighted by Crippen LogP contribution is 2.31. The number of rotatable bonds is 1. The van der Waals surface area contributed by atoms with Gasteiger partial charge in [-0.1, -0.05) is 19.3 Å². The maximum absolute atomic E-state index is 13.3. The van der Waals surface area contributed by atoms with E-state index in [0.717, 1.165) is 13.0 Å². The van der Waals surface area contributed by atoms with Crippen LogP contribution in [0, 0.1) is 5.92 Å². The van der Waals surface area contributed by atoms with Crippen molar-refractivity contribution in [2.75, 3.05) is 6.54 Å². The number of nitrogens with one attached hydrogen (secondary N) is 1. The topological polar surface area (TPSA) is 12.0 Å². The van der Waals surface area contributed by atoms with Crippen molar-refractivity contribution in [1.29, 1.82) is 0 Å². The molecule has 3 heteroatoms. The van der Waals surface area contributed by atoms with Crippen LogP contribution in [0.3, 0.4) is 0 Å². The molecule has 2 aliphatic rings. The SMILES string of the molecule is Cl.FC1CCNC1C1CCCCC1. The summed E-state index contributed by atoms with van der Waals surface area (Å²) in [5.41, 5.74) is 0. The number of halogens is 2. The molecule has 2 rings (SSSR count). The Bertz CT molecular complexity index is 148. The molecule has 0 bridgehead atoms. The van der Waals surface area contributed by atoms with Crippen molar-refractivity contribution in [1.82, 2.24) is 5.32 Å². The van der Waals surface area contributed by atoms with Crippen LogP contribution in [-0.2, 0) is 0 Å². The molecular weight excluding hydrogens is 189 g/mol. The fraction of sp³-hybridized carbons (Fsp3) is 1.00. The zero-order valence-corrected chi connectivity index (χ0v) is 8.78. The summed E-state index contributed by atoms with van der Waals surface area (Å²) in [6, 6.07) is 0.199. The Morgan fingerprint density at radius 2 is 1.69 bits per heavy atom. The Balaban J connectivity index is 0.000000845. The van der Waals surface area contributed by atoms with E-state index in [0.29, 0.717) is 5.92 Å². The minimum atomic E-state index is -0.562. The third-order valence-electron chi connectivity index (χ3n) is 3.35. The van der Waals surface area contributed by atoms with Gasteiger partial charge in [0.2, 0.25) is 0 Å². The Labute approximate surface area is 85.9 Å². The monoisotopic (exact) mass is 207 g/mol. The van der Waals surface area contributed by atoms with Crippen LogP contribution < -0.4 is 5.32 Å². The molecule has 2 fully saturated rings. The summed E-state index contributed by atoms with van der Waals surface area (Å²) in [6.45, 7) is 0.891. The molecule has 0 spiro atoms. The van der Waals surface area contributed by atoms with Crippen LogP contribution in [0.15, 0.2) is 0 Å². The van der Waals surface area contributed by atoms with Crippen LogP contribution in [0.5, 0.6) is 0 Å². The van der Waals surface area contributed by atoms with E-state index in [1.807, 2.05) is 0 Å². The second-order valence-electron chi connectivity index (χ2n) is 4.18. The number of alkyl halides is 1. The lowest BCUT2D eigenvalue weighted by atomic mass is 9.83. The van der Waals surface area contributed by atoms with Gasteiger partial charge < -0.3 is 5.32 Å². The molecule has 0 amide bonds. The number of hydrogen-bond donors (Lipinski definition) is 1. The van der Waals surface area contributed by atoms with Gasteiger partial charge in [0.25, 0.3) is 0 Å². The van der Waals surface area contributed by atoms with Gasteiger partial charge >= 0.3 is 0 Å². The second-order valence-corrected chi connectivity index (χ2v) is 4.18. The molecule has 1 saturated heterocycles. The lowest BCUT2D eigenvalue weighted by molar-refractivity contribution is 0.202. The largest absolute Gasteiger partial charge is 0.311 e. The van der Waals surface area contributed by atoms with Crippen LogP contribution in [0.25, 0.3) is 0 Å². The van der Waals surface area contributed by atoms with Gasteiger partial charge in [-0.3, -0.25) is 0 Å². The Hall–Kier alpha value is 0.180. The third kappa shape index (κ3) is 2.57. The first kappa shape index (κ1) is 11.3.